The second-order valence-electron chi connectivity index (χ2n) is 9.23. The smallest absolute Gasteiger partial charge is 0.274 e. The van der Waals surface area contributed by atoms with E-state index in [1.54, 1.807) is 17.5 Å². The lowest BCUT2D eigenvalue weighted by Gasteiger charge is -2.35. The molecule has 7 heteroatoms. The number of fused-ring (bicyclic) bond motifs is 1. The zero-order chi connectivity index (χ0) is 23.1. The molecular formula is C26H29FN4OS. The van der Waals surface area contributed by atoms with Crippen molar-refractivity contribution in [3.63, 3.8) is 0 Å². The van der Waals surface area contributed by atoms with Crippen molar-refractivity contribution in [1.29, 1.82) is 0 Å². The summed E-state index contributed by atoms with van der Waals surface area (Å²) in [6, 6.07) is 3.68. The molecule has 1 aliphatic carbocycles. The number of allylic oxidation sites excluding steroid dienone is 4. The Kier molecular flexibility index (Phi) is 5.91. The summed E-state index contributed by atoms with van der Waals surface area (Å²) in [5, 5.41) is 0.886. The third-order valence-corrected chi connectivity index (χ3v) is 7.70. The molecule has 5 nitrogen and oxygen atoms in total. The lowest BCUT2D eigenvalue weighted by Crippen LogP contribution is -2.45. The molecule has 1 aliphatic heterocycles. The molecule has 0 aromatic carbocycles. The summed E-state index contributed by atoms with van der Waals surface area (Å²) in [4.78, 5) is 25.8. The number of halogens is 1. The molecule has 0 bridgehead atoms. The number of rotatable bonds is 4. The minimum atomic E-state index is -0.330. The van der Waals surface area contributed by atoms with Gasteiger partial charge in [0.15, 0.2) is 0 Å². The zero-order valence-corrected chi connectivity index (χ0v) is 20.2. The van der Waals surface area contributed by atoms with Gasteiger partial charge in [-0.1, -0.05) is 31.2 Å². The van der Waals surface area contributed by atoms with Crippen LogP contribution in [-0.4, -0.2) is 37.8 Å². The van der Waals surface area contributed by atoms with Crippen molar-refractivity contribution < 1.29 is 9.18 Å². The van der Waals surface area contributed by atoms with E-state index in [0.29, 0.717) is 35.9 Å². The lowest BCUT2D eigenvalue weighted by molar-refractivity contribution is 0.0605. The number of aryl methyl sites for hydroxylation is 2. The highest BCUT2D eigenvalue weighted by molar-refractivity contribution is 7.13. The standard InChI is InChI=1S/C26H29FN4OS/c1-16-9-11-19(12-10-16)23-22(28-18(3)33-23)26(32)30-13-5-4-8-20(30)15-21-24(27)31-14-6-7-17(2)25(31)29-21/h6-7,9,11-12,14,16,20H,4-5,8,10,13,15H2,1-3H3/t16?,20-/m0/s1. The van der Waals surface area contributed by atoms with E-state index in [4.69, 9.17) is 0 Å². The van der Waals surface area contributed by atoms with Crippen LogP contribution < -0.4 is 0 Å². The van der Waals surface area contributed by atoms with Crippen molar-refractivity contribution in [2.75, 3.05) is 6.54 Å². The Morgan fingerprint density at radius 3 is 2.88 bits per heavy atom. The molecule has 172 valence electrons. The molecule has 2 aliphatic rings. The monoisotopic (exact) mass is 464 g/mol. The quantitative estimate of drug-likeness (QED) is 0.493. The van der Waals surface area contributed by atoms with Gasteiger partial charge < -0.3 is 4.90 Å². The molecule has 0 N–H and O–H groups in total. The van der Waals surface area contributed by atoms with E-state index in [1.165, 1.54) is 4.40 Å². The van der Waals surface area contributed by atoms with Crippen LogP contribution in [0, 0.1) is 25.7 Å². The van der Waals surface area contributed by atoms with Crippen molar-refractivity contribution in [3.8, 4) is 0 Å². The number of pyridine rings is 1. The number of thiazole rings is 1. The molecule has 4 heterocycles. The molecular weight excluding hydrogens is 435 g/mol. The van der Waals surface area contributed by atoms with Crippen molar-refractivity contribution in [3.05, 3.63) is 69.3 Å². The summed E-state index contributed by atoms with van der Waals surface area (Å²) in [7, 11) is 0. The number of nitrogens with zero attached hydrogens (tertiary/aromatic N) is 4. The van der Waals surface area contributed by atoms with E-state index >= 15 is 4.39 Å². The van der Waals surface area contributed by atoms with E-state index < -0.39 is 0 Å². The topological polar surface area (TPSA) is 50.5 Å². The summed E-state index contributed by atoms with van der Waals surface area (Å²) in [6.45, 7) is 6.73. The maximum atomic E-state index is 15.1. The van der Waals surface area contributed by atoms with Gasteiger partial charge in [-0.3, -0.25) is 9.20 Å². The summed E-state index contributed by atoms with van der Waals surface area (Å²) < 4.78 is 16.6. The second-order valence-corrected chi connectivity index (χ2v) is 10.4. The molecule has 1 amide bonds. The molecule has 3 aromatic heterocycles. The van der Waals surface area contributed by atoms with Crippen LogP contribution in [-0.2, 0) is 6.42 Å². The minimum absolute atomic E-state index is 0.0488. The maximum Gasteiger partial charge on any atom is 0.274 e. The maximum absolute atomic E-state index is 15.1. The van der Waals surface area contributed by atoms with Crippen LogP contribution in [0.2, 0.25) is 0 Å². The van der Waals surface area contributed by atoms with Gasteiger partial charge >= 0.3 is 0 Å². The van der Waals surface area contributed by atoms with E-state index in [0.717, 1.165) is 46.7 Å². The van der Waals surface area contributed by atoms with Crippen LogP contribution in [0.5, 0.6) is 0 Å². The Balaban J connectivity index is 1.44. The fourth-order valence-electron chi connectivity index (χ4n) is 4.85. The summed E-state index contributed by atoms with van der Waals surface area (Å²) >= 11 is 1.57. The van der Waals surface area contributed by atoms with Crippen molar-refractivity contribution in [1.82, 2.24) is 19.3 Å². The Morgan fingerprint density at radius 1 is 1.27 bits per heavy atom. The Morgan fingerprint density at radius 2 is 2.12 bits per heavy atom. The van der Waals surface area contributed by atoms with Crippen LogP contribution in [0.3, 0.4) is 0 Å². The highest BCUT2D eigenvalue weighted by Crippen LogP contribution is 2.33. The molecule has 33 heavy (non-hydrogen) atoms. The van der Waals surface area contributed by atoms with Gasteiger partial charge in [0.1, 0.15) is 11.3 Å². The van der Waals surface area contributed by atoms with Gasteiger partial charge in [0.2, 0.25) is 5.95 Å². The molecule has 5 rings (SSSR count). The molecule has 0 spiro atoms. The first-order valence-corrected chi connectivity index (χ1v) is 12.5. The molecule has 1 fully saturated rings. The third kappa shape index (κ3) is 4.14. The fraction of sp³-hybridized carbons (Fsp3) is 0.423. The largest absolute Gasteiger partial charge is 0.334 e. The lowest BCUT2D eigenvalue weighted by atomic mass is 9.95. The first-order valence-electron chi connectivity index (χ1n) is 11.7. The first-order chi connectivity index (χ1) is 15.9. The van der Waals surface area contributed by atoms with Gasteiger partial charge in [-0.15, -0.1) is 11.3 Å². The number of imidazole rings is 1. The minimum Gasteiger partial charge on any atom is -0.334 e. The van der Waals surface area contributed by atoms with Gasteiger partial charge in [0, 0.05) is 25.2 Å². The van der Waals surface area contributed by atoms with Gasteiger partial charge in [-0.05, 0) is 62.7 Å². The predicted molar refractivity (Wildman–Crippen MR) is 130 cm³/mol. The van der Waals surface area contributed by atoms with Crippen LogP contribution >= 0.6 is 11.3 Å². The molecule has 0 saturated carbocycles. The normalized spacial score (nSPS) is 21.0. The highest BCUT2D eigenvalue weighted by atomic mass is 32.1. The molecule has 1 saturated heterocycles. The molecule has 0 radical (unpaired) electrons. The Bertz CT molecular complexity index is 1270. The number of hydrogen-bond donors (Lipinski definition) is 0. The van der Waals surface area contributed by atoms with Crippen molar-refractivity contribution in [2.24, 2.45) is 5.92 Å². The fourth-order valence-corrected chi connectivity index (χ4v) is 5.79. The zero-order valence-electron chi connectivity index (χ0n) is 19.3. The third-order valence-electron chi connectivity index (χ3n) is 6.68. The van der Waals surface area contributed by atoms with Crippen molar-refractivity contribution in [2.45, 2.75) is 58.9 Å². The number of likely N-dealkylation sites (tertiary alicyclic amines) is 1. The second kappa shape index (κ2) is 8.86. The summed E-state index contributed by atoms with van der Waals surface area (Å²) in [5.41, 5.74) is 3.61. The number of hydrogen-bond acceptors (Lipinski definition) is 4. The van der Waals surface area contributed by atoms with Crippen molar-refractivity contribution >= 4 is 28.5 Å². The van der Waals surface area contributed by atoms with Gasteiger partial charge in [-0.2, -0.15) is 4.39 Å². The highest BCUT2D eigenvalue weighted by Gasteiger charge is 2.32. The number of piperidine rings is 1. The Hall–Kier alpha value is -2.80. The average Bonchev–Trinajstić information content (AvgIpc) is 3.35. The molecule has 1 unspecified atom stereocenters. The van der Waals surface area contributed by atoms with Gasteiger partial charge in [0.25, 0.3) is 5.91 Å². The SMILES string of the molecule is Cc1nc(C(=O)N2CCCC[C@H]2Cc2nc3c(C)cccn3c2F)c(C2=CCC(C)C=C2)s1. The summed E-state index contributed by atoms with van der Waals surface area (Å²) in [5.74, 6) is 0.133. The van der Waals surface area contributed by atoms with Gasteiger partial charge in [-0.25, -0.2) is 9.97 Å². The molecule has 3 aromatic rings. The van der Waals surface area contributed by atoms with E-state index in [9.17, 15) is 4.79 Å². The average molecular weight is 465 g/mol. The van der Waals surface area contributed by atoms with Crippen LogP contribution in [0.15, 0.2) is 36.6 Å². The number of amides is 1. The predicted octanol–water partition coefficient (Wildman–Crippen LogP) is 5.76. The summed E-state index contributed by atoms with van der Waals surface area (Å²) in [6.07, 6.45) is 12.4. The van der Waals surface area contributed by atoms with Crippen LogP contribution in [0.1, 0.15) is 64.2 Å². The number of aromatic nitrogens is 3. The Labute approximate surface area is 197 Å². The first kappa shape index (κ1) is 22.0. The number of carbonyl (C=O) groups is 1. The van der Waals surface area contributed by atoms with E-state index in [1.807, 2.05) is 30.9 Å². The van der Waals surface area contributed by atoms with Gasteiger partial charge in [0.05, 0.1) is 15.6 Å². The van der Waals surface area contributed by atoms with E-state index in [2.05, 4.69) is 35.1 Å². The van der Waals surface area contributed by atoms with Crippen LogP contribution in [0.25, 0.3) is 11.2 Å². The van der Waals surface area contributed by atoms with E-state index in [-0.39, 0.29) is 17.9 Å². The molecule has 2 atom stereocenters. The number of carbonyl (C=O) groups excluding carboxylic acids is 1. The van der Waals surface area contributed by atoms with Crippen LogP contribution in [0.4, 0.5) is 4.39 Å².